The highest BCUT2D eigenvalue weighted by atomic mass is 15.2. The van der Waals surface area contributed by atoms with Crippen molar-refractivity contribution in [1.82, 2.24) is 9.80 Å². The first-order valence-electron chi connectivity index (χ1n) is 4.49. The highest BCUT2D eigenvalue weighted by Gasteiger charge is 2.20. The molecule has 0 aromatic carbocycles. The van der Waals surface area contributed by atoms with Crippen molar-refractivity contribution in [3.05, 3.63) is 0 Å². The third kappa shape index (κ3) is 2.47. The van der Waals surface area contributed by atoms with Crippen LogP contribution < -0.4 is 0 Å². The van der Waals surface area contributed by atoms with Gasteiger partial charge in [-0.05, 0) is 33.5 Å². The van der Waals surface area contributed by atoms with E-state index in [1.54, 1.807) is 0 Å². The summed E-state index contributed by atoms with van der Waals surface area (Å²) < 4.78 is 0. The number of rotatable bonds is 2. The molecule has 0 saturated carbocycles. The second kappa shape index (κ2) is 4.44. The number of nitrogens with zero attached hydrogens (tertiary/aromatic N) is 3. The van der Waals surface area contributed by atoms with Crippen molar-refractivity contribution in [3.8, 4) is 6.07 Å². The van der Waals surface area contributed by atoms with Gasteiger partial charge in [0.15, 0.2) is 0 Å². The van der Waals surface area contributed by atoms with Gasteiger partial charge in [-0.3, -0.25) is 4.90 Å². The first kappa shape index (κ1) is 9.50. The fourth-order valence-corrected chi connectivity index (χ4v) is 1.74. The molecule has 0 bridgehead atoms. The molecule has 0 radical (unpaired) electrons. The molecule has 1 unspecified atom stereocenters. The van der Waals surface area contributed by atoms with Crippen LogP contribution in [0.3, 0.4) is 0 Å². The lowest BCUT2D eigenvalue weighted by atomic mass is 10.1. The van der Waals surface area contributed by atoms with E-state index >= 15 is 0 Å². The maximum atomic E-state index is 8.53. The van der Waals surface area contributed by atoms with Crippen LogP contribution in [0.2, 0.25) is 0 Å². The molecule has 68 valence electrons. The Bertz CT molecular complexity index is 173. The van der Waals surface area contributed by atoms with Crippen LogP contribution in [0, 0.1) is 11.3 Å². The molecule has 1 rings (SSSR count). The van der Waals surface area contributed by atoms with Gasteiger partial charge in [0.05, 0.1) is 12.6 Å². The van der Waals surface area contributed by atoms with Crippen molar-refractivity contribution < 1.29 is 0 Å². The largest absolute Gasteiger partial charge is 0.305 e. The molecule has 1 heterocycles. The zero-order valence-corrected chi connectivity index (χ0v) is 7.95. The summed E-state index contributed by atoms with van der Waals surface area (Å²) in [7, 11) is 4.18. The predicted molar refractivity (Wildman–Crippen MR) is 48.8 cm³/mol. The van der Waals surface area contributed by atoms with Crippen molar-refractivity contribution in [2.45, 2.75) is 18.9 Å². The molecule has 1 aliphatic rings. The zero-order valence-electron chi connectivity index (χ0n) is 7.95. The summed E-state index contributed by atoms with van der Waals surface area (Å²) in [4.78, 5) is 4.48. The van der Waals surface area contributed by atoms with Gasteiger partial charge >= 0.3 is 0 Å². The molecule has 0 aliphatic carbocycles. The molecule has 3 heteroatoms. The minimum absolute atomic E-state index is 0.554. The highest BCUT2D eigenvalue weighted by Crippen LogP contribution is 2.12. The maximum absolute atomic E-state index is 8.53. The van der Waals surface area contributed by atoms with Crippen LogP contribution in [0.4, 0.5) is 0 Å². The number of likely N-dealkylation sites (N-methyl/N-ethyl adjacent to an activating group) is 2. The fraction of sp³-hybridized carbons (Fsp3) is 0.889. The van der Waals surface area contributed by atoms with E-state index in [2.05, 4.69) is 22.9 Å². The summed E-state index contributed by atoms with van der Waals surface area (Å²) in [5.74, 6) is 0. The summed E-state index contributed by atoms with van der Waals surface area (Å²) >= 11 is 0. The third-order valence-electron chi connectivity index (χ3n) is 2.54. The van der Waals surface area contributed by atoms with E-state index in [-0.39, 0.29) is 0 Å². The van der Waals surface area contributed by atoms with Crippen molar-refractivity contribution in [2.75, 3.05) is 33.7 Å². The highest BCUT2D eigenvalue weighted by molar-refractivity contribution is 4.83. The number of hydrogen-bond donors (Lipinski definition) is 0. The van der Waals surface area contributed by atoms with Crippen LogP contribution in [0.15, 0.2) is 0 Å². The van der Waals surface area contributed by atoms with Crippen LogP contribution in [-0.2, 0) is 0 Å². The van der Waals surface area contributed by atoms with Crippen LogP contribution in [0.25, 0.3) is 0 Å². The normalized spacial score (nSPS) is 25.7. The Morgan fingerprint density at radius 1 is 1.67 bits per heavy atom. The second-order valence-electron chi connectivity index (χ2n) is 3.63. The van der Waals surface area contributed by atoms with E-state index in [4.69, 9.17) is 5.26 Å². The topological polar surface area (TPSA) is 30.3 Å². The number of likely N-dealkylation sites (tertiary alicyclic amines) is 1. The lowest BCUT2D eigenvalue weighted by molar-refractivity contribution is 0.145. The van der Waals surface area contributed by atoms with E-state index in [9.17, 15) is 0 Å². The Hall–Kier alpha value is -0.590. The van der Waals surface area contributed by atoms with Crippen LogP contribution in [-0.4, -0.2) is 49.6 Å². The Morgan fingerprint density at radius 3 is 3.00 bits per heavy atom. The molecule has 1 fully saturated rings. The molecule has 1 saturated heterocycles. The summed E-state index contributed by atoms with van der Waals surface area (Å²) in [6.07, 6.45) is 2.50. The van der Waals surface area contributed by atoms with Gasteiger partial charge in [-0.2, -0.15) is 5.26 Å². The average molecular weight is 167 g/mol. The maximum Gasteiger partial charge on any atom is 0.0866 e. The van der Waals surface area contributed by atoms with Crippen molar-refractivity contribution in [2.24, 2.45) is 0 Å². The number of nitriles is 1. The van der Waals surface area contributed by atoms with Gasteiger partial charge in [-0.1, -0.05) is 0 Å². The van der Waals surface area contributed by atoms with Gasteiger partial charge in [-0.25, -0.2) is 0 Å². The molecule has 1 aliphatic heterocycles. The lowest BCUT2D eigenvalue weighted by Crippen LogP contribution is -2.44. The molecular weight excluding hydrogens is 150 g/mol. The monoisotopic (exact) mass is 167 g/mol. The molecule has 0 aromatic rings. The zero-order chi connectivity index (χ0) is 8.97. The van der Waals surface area contributed by atoms with Gasteiger partial charge in [0, 0.05) is 12.6 Å². The fourth-order valence-electron chi connectivity index (χ4n) is 1.74. The quantitative estimate of drug-likeness (QED) is 0.562. The standard InChI is InChI=1S/C9H17N3/c1-11-6-3-4-9(8-11)12(2)7-5-10/h9H,3-4,6-8H2,1-2H3. The van der Waals surface area contributed by atoms with Gasteiger partial charge in [-0.15, -0.1) is 0 Å². The molecule has 0 N–H and O–H groups in total. The van der Waals surface area contributed by atoms with Crippen LogP contribution in [0.5, 0.6) is 0 Å². The Balaban J connectivity index is 2.35. The van der Waals surface area contributed by atoms with Crippen molar-refractivity contribution in [3.63, 3.8) is 0 Å². The SMILES string of the molecule is CN1CCCC(N(C)CC#N)C1. The first-order chi connectivity index (χ1) is 5.74. The van der Waals surface area contributed by atoms with Gasteiger partial charge in [0.2, 0.25) is 0 Å². The molecule has 0 amide bonds. The van der Waals surface area contributed by atoms with E-state index in [0.29, 0.717) is 12.6 Å². The number of hydrogen-bond acceptors (Lipinski definition) is 3. The third-order valence-corrected chi connectivity index (χ3v) is 2.54. The molecular formula is C9H17N3. The summed E-state index contributed by atoms with van der Waals surface area (Å²) in [5.41, 5.74) is 0. The minimum atomic E-state index is 0.554. The van der Waals surface area contributed by atoms with E-state index in [0.717, 1.165) is 6.54 Å². The van der Waals surface area contributed by atoms with Gasteiger partial charge in [0.1, 0.15) is 0 Å². The smallest absolute Gasteiger partial charge is 0.0866 e. The van der Waals surface area contributed by atoms with Crippen LogP contribution >= 0.6 is 0 Å². The van der Waals surface area contributed by atoms with Gasteiger partial charge < -0.3 is 4.90 Å². The summed E-state index contributed by atoms with van der Waals surface area (Å²) in [6, 6.07) is 2.77. The average Bonchev–Trinajstić information content (AvgIpc) is 2.05. The lowest BCUT2D eigenvalue weighted by Gasteiger charge is -2.34. The van der Waals surface area contributed by atoms with E-state index in [1.165, 1.54) is 19.4 Å². The Morgan fingerprint density at radius 2 is 2.42 bits per heavy atom. The second-order valence-corrected chi connectivity index (χ2v) is 3.63. The minimum Gasteiger partial charge on any atom is -0.305 e. The summed E-state index contributed by atoms with van der Waals surface area (Å²) in [5, 5.41) is 8.53. The molecule has 0 spiro atoms. The van der Waals surface area contributed by atoms with Crippen molar-refractivity contribution in [1.29, 1.82) is 5.26 Å². The predicted octanol–water partition coefficient (Wildman–Crippen LogP) is 0.536. The first-order valence-corrected chi connectivity index (χ1v) is 4.49. The van der Waals surface area contributed by atoms with Crippen LogP contribution in [0.1, 0.15) is 12.8 Å². The molecule has 0 aromatic heterocycles. The van der Waals surface area contributed by atoms with E-state index in [1.807, 2.05) is 7.05 Å². The Labute approximate surface area is 74.6 Å². The van der Waals surface area contributed by atoms with Gasteiger partial charge in [0.25, 0.3) is 0 Å². The Kier molecular flexibility index (Phi) is 3.51. The summed E-state index contributed by atoms with van der Waals surface area (Å²) in [6.45, 7) is 2.87. The number of piperidine rings is 1. The van der Waals surface area contributed by atoms with E-state index < -0.39 is 0 Å². The molecule has 3 nitrogen and oxygen atoms in total. The van der Waals surface area contributed by atoms with Crippen molar-refractivity contribution >= 4 is 0 Å². The molecule has 12 heavy (non-hydrogen) atoms. The molecule has 1 atom stereocenters.